The van der Waals surface area contributed by atoms with Gasteiger partial charge in [-0.15, -0.1) is 0 Å². The van der Waals surface area contributed by atoms with Gasteiger partial charge in [0.25, 0.3) is 0 Å². The van der Waals surface area contributed by atoms with E-state index in [0.717, 1.165) is 23.1 Å². The standard InChI is InChI=1S/C13H16N2O2/c1-3-6-14-12(16)8-13-15-10-7-9(2)4-5-11(10)17-13/h4-5,7H,3,6,8H2,1-2H3,(H,14,16). The summed E-state index contributed by atoms with van der Waals surface area (Å²) >= 11 is 0. The van der Waals surface area contributed by atoms with E-state index in [1.807, 2.05) is 32.0 Å². The second kappa shape index (κ2) is 4.99. The zero-order chi connectivity index (χ0) is 12.3. The number of carbonyl (C=O) groups is 1. The first-order chi connectivity index (χ1) is 8.19. The Morgan fingerprint density at radius 3 is 3.06 bits per heavy atom. The lowest BCUT2D eigenvalue weighted by Gasteiger charge is -1.99. The number of hydrogen-bond acceptors (Lipinski definition) is 3. The Balaban J connectivity index is 2.11. The zero-order valence-electron chi connectivity index (χ0n) is 10.1. The minimum Gasteiger partial charge on any atom is -0.440 e. The van der Waals surface area contributed by atoms with Gasteiger partial charge in [0.05, 0.1) is 0 Å². The largest absolute Gasteiger partial charge is 0.440 e. The molecule has 1 aromatic heterocycles. The maximum Gasteiger partial charge on any atom is 0.229 e. The van der Waals surface area contributed by atoms with Crippen LogP contribution in [0.5, 0.6) is 0 Å². The van der Waals surface area contributed by atoms with Gasteiger partial charge in [-0.25, -0.2) is 4.98 Å². The number of aryl methyl sites for hydroxylation is 1. The molecule has 0 saturated carbocycles. The molecule has 0 unspecified atom stereocenters. The van der Waals surface area contributed by atoms with Gasteiger partial charge in [-0.05, 0) is 31.0 Å². The van der Waals surface area contributed by atoms with Gasteiger partial charge in [-0.1, -0.05) is 13.0 Å². The number of hydrogen-bond donors (Lipinski definition) is 1. The number of nitrogens with one attached hydrogen (secondary N) is 1. The van der Waals surface area contributed by atoms with E-state index in [4.69, 9.17) is 4.42 Å². The lowest BCUT2D eigenvalue weighted by atomic mass is 10.2. The second-order valence-corrected chi connectivity index (χ2v) is 4.11. The fraction of sp³-hybridized carbons (Fsp3) is 0.385. The molecule has 17 heavy (non-hydrogen) atoms. The van der Waals surface area contributed by atoms with Crippen LogP contribution in [-0.4, -0.2) is 17.4 Å². The summed E-state index contributed by atoms with van der Waals surface area (Å²) in [5, 5.41) is 2.80. The van der Waals surface area contributed by atoms with Crippen molar-refractivity contribution in [1.29, 1.82) is 0 Å². The van der Waals surface area contributed by atoms with Crippen LogP contribution >= 0.6 is 0 Å². The van der Waals surface area contributed by atoms with Gasteiger partial charge in [0, 0.05) is 6.54 Å². The van der Waals surface area contributed by atoms with Crippen LogP contribution in [0.2, 0.25) is 0 Å². The predicted octanol–water partition coefficient (Wildman–Crippen LogP) is 2.20. The summed E-state index contributed by atoms with van der Waals surface area (Å²) in [6.45, 7) is 4.71. The summed E-state index contributed by atoms with van der Waals surface area (Å²) in [4.78, 5) is 15.8. The lowest BCUT2D eigenvalue weighted by Crippen LogP contribution is -2.25. The molecule has 1 amide bonds. The molecule has 0 aliphatic rings. The van der Waals surface area contributed by atoms with Crippen LogP contribution in [0.3, 0.4) is 0 Å². The summed E-state index contributed by atoms with van der Waals surface area (Å²) in [5.41, 5.74) is 2.67. The number of nitrogens with zero attached hydrogens (tertiary/aromatic N) is 1. The third kappa shape index (κ3) is 2.84. The van der Waals surface area contributed by atoms with E-state index in [9.17, 15) is 4.79 Å². The van der Waals surface area contributed by atoms with Crippen LogP contribution in [0.1, 0.15) is 24.8 Å². The average Bonchev–Trinajstić information content (AvgIpc) is 2.67. The van der Waals surface area contributed by atoms with Crippen LogP contribution in [-0.2, 0) is 11.2 Å². The van der Waals surface area contributed by atoms with Crippen LogP contribution < -0.4 is 5.32 Å². The number of fused-ring (bicyclic) bond motifs is 1. The van der Waals surface area contributed by atoms with Gasteiger partial charge in [0.15, 0.2) is 5.58 Å². The fourth-order valence-corrected chi connectivity index (χ4v) is 1.63. The maximum absolute atomic E-state index is 11.5. The molecule has 0 aliphatic carbocycles. The molecule has 0 atom stereocenters. The SMILES string of the molecule is CCCNC(=O)Cc1nc2cc(C)ccc2o1. The number of amides is 1. The number of rotatable bonds is 4. The van der Waals surface area contributed by atoms with E-state index in [-0.39, 0.29) is 12.3 Å². The normalized spacial score (nSPS) is 10.7. The van der Waals surface area contributed by atoms with Gasteiger partial charge >= 0.3 is 0 Å². The maximum atomic E-state index is 11.5. The van der Waals surface area contributed by atoms with Crippen molar-refractivity contribution in [2.45, 2.75) is 26.7 Å². The molecule has 2 rings (SSSR count). The van der Waals surface area contributed by atoms with E-state index in [2.05, 4.69) is 10.3 Å². The third-order valence-electron chi connectivity index (χ3n) is 2.47. The molecule has 0 saturated heterocycles. The minimum atomic E-state index is -0.0462. The summed E-state index contributed by atoms with van der Waals surface area (Å²) in [7, 11) is 0. The van der Waals surface area contributed by atoms with Crippen molar-refractivity contribution in [3.63, 3.8) is 0 Å². The number of aromatic nitrogens is 1. The highest BCUT2D eigenvalue weighted by molar-refractivity contribution is 5.79. The van der Waals surface area contributed by atoms with E-state index in [1.165, 1.54) is 0 Å². The quantitative estimate of drug-likeness (QED) is 0.879. The molecule has 1 N–H and O–H groups in total. The molecule has 4 heteroatoms. The molecule has 1 aromatic carbocycles. The summed E-state index contributed by atoms with van der Waals surface area (Å²) in [6.07, 6.45) is 1.13. The molecule has 2 aromatic rings. The Labute approximate surface area is 100 Å². The van der Waals surface area contributed by atoms with Gasteiger partial charge in [0.2, 0.25) is 11.8 Å². The van der Waals surface area contributed by atoms with Crippen molar-refractivity contribution >= 4 is 17.0 Å². The smallest absolute Gasteiger partial charge is 0.229 e. The molecular weight excluding hydrogens is 216 g/mol. The number of carbonyl (C=O) groups excluding carboxylic acids is 1. The minimum absolute atomic E-state index is 0.0462. The molecular formula is C13H16N2O2. The first kappa shape index (κ1) is 11.6. The van der Waals surface area contributed by atoms with Crippen LogP contribution in [0.15, 0.2) is 22.6 Å². The molecule has 90 valence electrons. The van der Waals surface area contributed by atoms with Crippen molar-refractivity contribution in [3.8, 4) is 0 Å². The Morgan fingerprint density at radius 1 is 1.47 bits per heavy atom. The molecule has 0 radical (unpaired) electrons. The Hall–Kier alpha value is -1.84. The fourth-order valence-electron chi connectivity index (χ4n) is 1.63. The second-order valence-electron chi connectivity index (χ2n) is 4.11. The van der Waals surface area contributed by atoms with Crippen molar-refractivity contribution in [1.82, 2.24) is 10.3 Å². The van der Waals surface area contributed by atoms with Crippen molar-refractivity contribution < 1.29 is 9.21 Å². The molecule has 1 heterocycles. The van der Waals surface area contributed by atoms with Gasteiger partial charge in [-0.2, -0.15) is 0 Å². The number of oxazole rings is 1. The Kier molecular flexibility index (Phi) is 3.42. The molecule has 0 fully saturated rings. The van der Waals surface area contributed by atoms with Gasteiger partial charge in [-0.3, -0.25) is 4.79 Å². The van der Waals surface area contributed by atoms with Crippen LogP contribution in [0.25, 0.3) is 11.1 Å². The van der Waals surface area contributed by atoms with Crippen LogP contribution in [0, 0.1) is 6.92 Å². The summed E-state index contributed by atoms with van der Waals surface area (Å²) in [6, 6.07) is 5.80. The number of benzene rings is 1. The highest BCUT2D eigenvalue weighted by Gasteiger charge is 2.09. The van der Waals surface area contributed by atoms with E-state index >= 15 is 0 Å². The molecule has 0 spiro atoms. The lowest BCUT2D eigenvalue weighted by molar-refractivity contribution is -0.120. The van der Waals surface area contributed by atoms with Crippen molar-refractivity contribution in [3.05, 3.63) is 29.7 Å². The van der Waals surface area contributed by atoms with Gasteiger partial charge in [0.1, 0.15) is 11.9 Å². The topological polar surface area (TPSA) is 55.1 Å². The monoisotopic (exact) mass is 232 g/mol. The van der Waals surface area contributed by atoms with E-state index in [1.54, 1.807) is 0 Å². The first-order valence-corrected chi connectivity index (χ1v) is 5.82. The first-order valence-electron chi connectivity index (χ1n) is 5.82. The third-order valence-corrected chi connectivity index (χ3v) is 2.47. The summed E-state index contributed by atoms with van der Waals surface area (Å²) in [5.74, 6) is 0.425. The molecule has 4 nitrogen and oxygen atoms in total. The Morgan fingerprint density at radius 2 is 2.29 bits per heavy atom. The molecule has 0 aliphatic heterocycles. The van der Waals surface area contributed by atoms with Gasteiger partial charge < -0.3 is 9.73 Å². The zero-order valence-corrected chi connectivity index (χ0v) is 10.1. The molecule has 0 bridgehead atoms. The average molecular weight is 232 g/mol. The summed E-state index contributed by atoms with van der Waals surface area (Å²) < 4.78 is 5.50. The Bertz CT molecular complexity index is 531. The van der Waals surface area contributed by atoms with Crippen molar-refractivity contribution in [2.24, 2.45) is 0 Å². The highest BCUT2D eigenvalue weighted by atomic mass is 16.3. The predicted molar refractivity (Wildman–Crippen MR) is 65.8 cm³/mol. The van der Waals surface area contributed by atoms with Crippen molar-refractivity contribution in [2.75, 3.05) is 6.54 Å². The van der Waals surface area contributed by atoms with E-state index in [0.29, 0.717) is 12.4 Å². The highest BCUT2D eigenvalue weighted by Crippen LogP contribution is 2.17. The van der Waals surface area contributed by atoms with E-state index < -0.39 is 0 Å². The van der Waals surface area contributed by atoms with Crippen LogP contribution in [0.4, 0.5) is 0 Å².